The van der Waals surface area contributed by atoms with Crippen LogP contribution in [0.2, 0.25) is 0 Å². The van der Waals surface area contributed by atoms with Gasteiger partial charge in [0.05, 0.1) is 6.42 Å². The van der Waals surface area contributed by atoms with Gasteiger partial charge in [0.15, 0.2) is 0 Å². The molecule has 3 nitrogen and oxygen atoms in total. The number of carbonyl (C=O) groups is 1. The molecule has 1 rings (SSSR count). The van der Waals surface area contributed by atoms with Gasteiger partial charge in [-0.3, -0.25) is 4.79 Å². The summed E-state index contributed by atoms with van der Waals surface area (Å²) in [7, 11) is 0. The third kappa shape index (κ3) is 4.12. The van der Waals surface area contributed by atoms with E-state index in [1.165, 1.54) is 19.3 Å². The molecule has 0 aromatic heterocycles. The third-order valence-corrected chi connectivity index (χ3v) is 3.88. The second-order valence-electron chi connectivity index (χ2n) is 5.32. The zero-order valence-electron chi connectivity index (χ0n) is 10.6. The first-order valence-corrected chi connectivity index (χ1v) is 6.53. The monoisotopic (exact) mass is 227 g/mol. The van der Waals surface area contributed by atoms with Crippen LogP contribution in [0.4, 0.5) is 0 Å². The van der Waals surface area contributed by atoms with Crippen LogP contribution in [0.15, 0.2) is 0 Å². The molecule has 0 spiro atoms. The van der Waals surface area contributed by atoms with E-state index in [9.17, 15) is 4.79 Å². The third-order valence-electron chi connectivity index (χ3n) is 3.88. The molecule has 1 saturated carbocycles. The lowest BCUT2D eigenvalue weighted by Gasteiger charge is -2.37. The maximum atomic E-state index is 11.0. The topological polar surface area (TPSA) is 49.3 Å². The minimum absolute atomic E-state index is 0.0213. The van der Waals surface area contributed by atoms with E-state index >= 15 is 0 Å². The lowest BCUT2D eigenvalue weighted by Crippen LogP contribution is -2.41. The predicted octanol–water partition coefficient (Wildman–Crippen LogP) is 2.80. The van der Waals surface area contributed by atoms with Crippen LogP contribution in [-0.4, -0.2) is 23.7 Å². The van der Waals surface area contributed by atoms with Crippen molar-refractivity contribution in [3.63, 3.8) is 0 Å². The largest absolute Gasteiger partial charge is 0.481 e. The summed E-state index contributed by atoms with van der Waals surface area (Å²) in [4.78, 5) is 11.0. The number of hydrogen-bond donors (Lipinski definition) is 2. The van der Waals surface area contributed by atoms with Gasteiger partial charge in [0.2, 0.25) is 0 Å². The summed E-state index contributed by atoms with van der Waals surface area (Å²) in [6.45, 7) is 5.19. The van der Waals surface area contributed by atoms with Crippen LogP contribution in [0.25, 0.3) is 0 Å². The molecule has 94 valence electrons. The van der Waals surface area contributed by atoms with Crippen LogP contribution in [0.3, 0.4) is 0 Å². The van der Waals surface area contributed by atoms with Gasteiger partial charge >= 0.3 is 5.97 Å². The molecular formula is C13H25NO2. The molecule has 3 heteroatoms. The minimum atomic E-state index is -0.646. The predicted molar refractivity (Wildman–Crippen MR) is 65.5 cm³/mol. The van der Waals surface area contributed by atoms with Crippen molar-refractivity contribution >= 4 is 5.97 Å². The van der Waals surface area contributed by atoms with Crippen molar-refractivity contribution in [1.82, 2.24) is 5.32 Å². The maximum absolute atomic E-state index is 11.0. The Balaban J connectivity index is 2.52. The van der Waals surface area contributed by atoms with E-state index in [1.54, 1.807) is 0 Å². The van der Waals surface area contributed by atoms with Crippen molar-refractivity contribution in [1.29, 1.82) is 0 Å². The quantitative estimate of drug-likeness (QED) is 0.733. The van der Waals surface area contributed by atoms with Crippen molar-refractivity contribution in [2.75, 3.05) is 6.54 Å². The molecular weight excluding hydrogens is 202 g/mol. The summed E-state index contributed by atoms with van der Waals surface area (Å²) in [6, 6.07) is 0.493. The highest BCUT2D eigenvalue weighted by Crippen LogP contribution is 2.38. The highest BCUT2D eigenvalue weighted by atomic mass is 16.4. The van der Waals surface area contributed by atoms with Crippen LogP contribution in [0.5, 0.6) is 0 Å². The van der Waals surface area contributed by atoms with Crippen LogP contribution >= 0.6 is 0 Å². The highest BCUT2D eigenvalue weighted by Gasteiger charge is 2.34. The average Bonchev–Trinajstić information content (AvgIpc) is 2.26. The van der Waals surface area contributed by atoms with E-state index in [0.29, 0.717) is 12.5 Å². The summed E-state index contributed by atoms with van der Waals surface area (Å²) >= 11 is 0. The van der Waals surface area contributed by atoms with Crippen molar-refractivity contribution < 1.29 is 9.90 Å². The van der Waals surface area contributed by atoms with Crippen molar-refractivity contribution in [2.45, 2.75) is 64.8 Å². The first kappa shape index (κ1) is 13.5. The molecule has 1 aliphatic carbocycles. The van der Waals surface area contributed by atoms with E-state index in [1.807, 2.05) is 0 Å². The van der Waals surface area contributed by atoms with E-state index in [-0.39, 0.29) is 5.41 Å². The molecule has 16 heavy (non-hydrogen) atoms. The van der Waals surface area contributed by atoms with Gasteiger partial charge in [0.25, 0.3) is 0 Å². The van der Waals surface area contributed by atoms with Crippen LogP contribution in [-0.2, 0) is 4.79 Å². The molecule has 0 aliphatic heterocycles. The van der Waals surface area contributed by atoms with E-state index in [4.69, 9.17) is 5.11 Å². The van der Waals surface area contributed by atoms with E-state index in [0.717, 1.165) is 25.8 Å². The molecule has 1 atom stereocenters. The molecule has 0 amide bonds. The fraction of sp³-hybridized carbons (Fsp3) is 0.923. The second kappa shape index (κ2) is 6.24. The van der Waals surface area contributed by atoms with Gasteiger partial charge in [-0.25, -0.2) is 0 Å². The minimum Gasteiger partial charge on any atom is -0.481 e. The fourth-order valence-electron chi connectivity index (χ4n) is 2.57. The smallest absolute Gasteiger partial charge is 0.303 e. The molecule has 1 unspecified atom stereocenters. The second-order valence-corrected chi connectivity index (χ2v) is 5.32. The number of carboxylic acid groups (broad SMARTS) is 1. The lowest BCUT2D eigenvalue weighted by molar-refractivity contribution is -0.140. The molecule has 1 fully saturated rings. The summed E-state index contributed by atoms with van der Waals surface area (Å²) < 4.78 is 0. The molecule has 0 aromatic rings. The molecule has 1 aliphatic rings. The van der Waals surface area contributed by atoms with E-state index in [2.05, 4.69) is 19.2 Å². The fourth-order valence-corrected chi connectivity index (χ4v) is 2.57. The number of rotatable bonds is 6. The first-order chi connectivity index (χ1) is 7.58. The van der Waals surface area contributed by atoms with Crippen LogP contribution in [0, 0.1) is 5.41 Å². The number of carboxylic acids is 1. The molecule has 0 saturated heterocycles. The first-order valence-electron chi connectivity index (χ1n) is 6.53. The average molecular weight is 227 g/mol. The lowest BCUT2D eigenvalue weighted by atomic mass is 9.71. The van der Waals surface area contributed by atoms with Crippen molar-refractivity contribution in [3.05, 3.63) is 0 Å². The van der Waals surface area contributed by atoms with Gasteiger partial charge in [-0.15, -0.1) is 0 Å². The Labute approximate surface area is 98.6 Å². The Kier molecular flexibility index (Phi) is 5.26. The van der Waals surface area contributed by atoms with Gasteiger partial charge in [0, 0.05) is 12.6 Å². The summed E-state index contributed by atoms with van der Waals surface area (Å²) in [5, 5.41) is 12.5. The van der Waals surface area contributed by atoms with Gasteiger partial charge in [-0.2, -0.15) is 0 Å². The van der Waals surface area contributed by atoms with Crippen molar-refractivity contribution in [2.24, 2.45) is 5.41 Å². The van der Waals surface area contributed by atoms with Gasteiger partial charge in [-0.05, 0) is 31.6 Å². The Hall–Kier alpha value is -0.570. The maximum Gasteiger partial charge on any atom is 0.303 e. The van der Waals surface area contributed by atoms with Crippen LogP contribution < -0.4 is 5.32 Å². The Morgan fingerprint density at radius 2 is 2.00 bits per heavy atom. The molecule has 0 radical (unpaired) electrons. The van der Waals surface area contributed by atoms with Gasteiger partial charge in [-0.1, -0.05) is 26.2 Å². The summed E-state index contributed by atoms with van der Waals surface area (Å²) in [5.74, 6) is -0.646. The van der Waals surface area contributed by atoms with Crippen molar-refractivity contribution in [3.8, 4) is 0 Å². The van der Waals surface area contributed by atoms with Gasteiger partial charge < -0.3 is 10.4 Å². The normalized spacial score (nSPS) is 21.6. The molecule has 0 heterocycles. The molecule has 0 bridgehead atoms. The zero-order chi connectivity index (χ0) is 12.0. The zero-order valence-corrected chi connectivity index (χ0v) is 10.6. The molecule has 2 N–H and O–H groups in total. The Morgan fingerprint density at radius 1 is 1.38 bits per heavy atom. The number of nitrogens with one attached hydrogen (secondary N) is 1. The van der Waals surface area contributed by atoms with Gasteiger partial charge in [0.1, 0.15) is 0 Å². The summed E-state index contributed by atoms with van der Waals surface area (Å²) in [5.41, 5.74) is 0.0213. The SMILES string of the molecule is CCC(C)NCC1(CC(=O)O)CCCCC1. The Bertz CT molecular complexity index is 222. The standard InChI is InChI=1S/C13H25NO2/c1-3-11(2)14-10-13(9-12(15)16)7-5-4-6-8-13/h11,14H,3-10H2,1-2H3,(H,15,16). The number of hydrogen-bond acceptors (Lipinski definition) is 2. The Morgan fingerprint density at radius 3 is 2.50 bits per heavy atom. The van der Waals surface area contributed by atoms with E-state index < -0.39 is 5.97 Å². The molecule has 0 aromatic carbocycles. The van der Waals surface area contributed by atoms with Crippen LogP contribution in [0.1, 0.15) is 58.8 Å². The number of aliphatic carboxylic acids is 1. The summed E-state index contributed by atoms with van der Waals surface area (Å²) in [6.07, 6.45) is 7.22. The highest BCUT2D eigenvalue weighted by molar-refractivity contribution is 5.67.